The molecule has 0 aromatic carbocycles. The summed E-state index contributed by atoms with van der Waals surface area (Å²) >= 11 is 0. The summed E-state index contributed by atoms with van der Waals surface area (Å²) in [6, 6.07) is 2.06. The van der Waals surface area contributed by atoms with Crippen LogP contribution in [0.5, 0.6) is 0 Å². The van der Waals surface area contributed by atoms with E-state index in [0.717, 1.165) is 0 Å². The molecule has 0 radical (unpaired) electrons. The van der Waals surface area contributed by atoms with Gasteiger partial charge in [-0.25, -0.2) is 5.57 Å². The smallest absolute Gasteiger partial charge is 1.00 e. The van der Waals surface area contributed by atoms with Gasteiger partial charge in [-0.15, -0.1) is 18.7 Å². The van der Waals surface area contributed by atoms with E-state index in [4.69, 9.17) is 0 Å². The van der Waals surface area contributed by atoms with Gasteiger partial charge >= 0.3 is 26.2 Å². The van der Waals surface area contributed by atoms with Gasteiger partial charge < -0.3 is 29.8 Å². The van der Waals surface area contributed by atoms with Gasteiger partial charge in [-0.1, -0.05) is 53.9 Å². The minimum absolute atomic E-state index is 0. The van der Waals surface area contributed by atoms with Gasteiger partial charge in [0.15, 0.2) is 0 Å². The van der Waals surface area contributed by atoms with Gasteiger partial charge in [-0.2, -0.15) is 23.4 Å². The van der Waals surface area contributed by atoms with E-state index in [1.807, 2.05) is 6.20 Å². The standard InChI is InChI=1S/C10H15.C8H12N.2ClH.Zr/c1-7-6-10(4,5)9(3)8(7)2;1-8(2,3)7-4-5-9-6-7;;;/h1-5H3;4-5,9H,1-3H3;2*1H;/q2*-1;;;+4/p-2. The summed E-state index contributed by atoms with van der Waals surface area (Å²) in [4.78, 5) is 2.91. The molecule has 4 heteroatoms. The molecule has 0 bridgehead atoms. The van der Waals surface area contributed by atoms with Crippen LogP contribution < -0.4 is 24.8 Å². The number of aromatic amines is 1. The van der Waals surface area contributed by atoms with Crippen molar-refractivity contribution in [2.75, 3.05) is 0 Å². The van der Waals surface area contributed by atoms with Crippen molar-refractivity contribution in [3.05, 3.63) is 46.8 Å². The summed E-state index contributed by atoms with van der Waals surface area (Å²) in [5.74, 6) is 0. The molecule has 1 aromatic heterocycles. The summed E-state index contributed by atoms with van der Waals surface area (Å²) in [5, 5.41) is 0. The number of nitrogens with one attached hydrogen (secondary N) is 1. The number of aromatic nitrogens is 1. The fourth-order valence-electron chi connectivity index (χ4n) is 2.13. The number of halogens is 2. The van der Waals surface area contributed by atoms with Crippen LogP contribution in [0.3, 0.4) is 0 Å². The van der Waals surface area contributed by atoms with E-state index in [2.05, 4.69) is 78.7 Å². The van der Waals surface area contributed by atoms with E-state index in [1.165, 1.54) is 22.3 Å². The normalized spacial score (nSPS) is 15.5. The minimum atomic E-state index is 0. The van der Waals surface area contributed by atoms with E-state index < -0.39 is 0 Å². The average molecular weight is 420 g/mol. The van der Waals surface area contributed by atoms with Crippen LogP contribution >= 0.6 is 0 Å². The van der Waals surface area contributed by atoms with Crippen LogP contribution in [0.2, 0.25) is 0 Å². The second-order valence-electron chi connectivity index (χ2n) is 6.89. The Hall–Kier alpha value is 0.223. The molecule has 0 fully saturated rings. The number of hydrogen-bond acceptors (Lipinski definition) is 0. The van der Waals surface area contributed by atoms with Crippen molar-refractivity contribution >= 4 is 0 Å². The number of allylic oxidation sites excluding steroid dienone is 4. The van der Waals surface area contributed by atoms with Crippen molar-refractivity contribution in [3.8, 4) is 0 Å². The molecule has 0 saturated carbocycles. The van der Waals surface area contributed by atoms with E-state index in [-0.39, 0.29) is 61.8 Å². The van der Waals surface area contributed by atoms with E-state index in [1.54, 1.807) is 0 Å². The van der Waals surface area contributed by atoms with Crippen molar-refractivity contribution in [3.63, 3.8) is 0 Å². The van der Waals surface area contributed by atoms with Crippen LogP contribution in [0.15, 0.2) is 29.0 Å². The molecule has 122 valence electrons. The Balaban J connectivity index is -0.000000290. The molecule has 1 aliphatic carbocycles. The minimum Gasteiger partial charge on any atom is -1.00 e. The molecule has 0 unspecified atom stereocenters. The fourth-order valence-corrected chi connectivity index (χ4v) is 2.13. The van der Waals surface area contributed by atoms with Crippen LogP contribution in [-0.4, -0.2) is 4.98 Å². The maximum absolute atomic E-state index is 3.44. The van der Waals surface area contributed by atoms with Crippen LogP contribution in [-0.2, 0) is 31.6 Å². The molecule has 2 rings (SSSR count). The maximum atomic E-state index is 3.44. The first-order chi connectivity index (χ1) is 8.55. The fraction of sp³-hybridized carbons (Fsp3) is 0.556. The zero-order valence-corrected chi connectivity index (χ0v) is 18.9. The topological polar surface area (TPSA) is 15.8 Å². The Kier molecular flexibility index (Phi) is 12.5. The zero-order chi connectivity index (χ0) is 14.8. The van der Waals surface area contributed by atoms with Gasteiger partial charge in [-0.05, 0) is 5.41 Å². The van der Waals surface area contributed by atoms with Gasteiger partial charge in [0.1, 0.15) is 0 Å². The Bertz CT molecular complexity index is 492. The van der Waals surface area contributed by atoms with Crippen LogP contribution in [0.25, 0.3) is 0 Å². The third-order valence-corrected chi connectivity index (χ3v) is 3.91. The first kappa shape index (κ1) is 27.1. The predicted molar refractivity (Wildman–Crippen MR) is 82.9 cm³/mol. The number of rotatable bonds is 0. The quantitative estimate of drug-likeness (QED) is 0.532. The summed E-state index contributed by atoms with van der Waals surface area (Å²) in [6.07, 6.45) is 8.39. The SMILES string of the molecule is CC(C)(C)c1[c-][nH]cc1.CC1=[C-]C(C)(C)C(C)=C1C.[Cl-].[Cl-].[Zr+4]. The molecule has 1 heterocycles. The third-order valence-electron chi connectivity index (χ3n) is 3.91. The molecule has 1 N–H and O–H groups in total. The molecule has 1 aromatic rings. The summed E-state index contributed by atoms with van der Waals surface area (Å²) in [7, 11) is 0. The van der Waals surface area contributed by atoms with Gasteiger partial charge in [0, 0.05) is 0 Å². The van der Waals surface area contributed by atoms with E-state index in [0.29, 0.717) is 0 Å². The Morgan fingerprint density at radius 2 is 1.55 bits per heavy atom. The Morgan fingerprint density at radius 3 is 1.68 bits per heavy atom. The monoisotopic (exact) mass is 417 g/mol. The van der Waals surface area contributed by atoms with Gasteiger partial charge in [0.05, 0.1) is 0 Å². The van der Waals surface area contributed by atoms with Crippen molar-refractivity contribution in [2.24, 2.45) is 5.41 Å². The van der Waals surface area contributed by atoms with Crippen molar-refractivity contribution in [2.45, 2.75) is 60.8 Å². The first-order valence-corrected chi connectivity index (χ1v) is 6.91. The van der Waals surface area contributed by atoms with E-state index in [9.17, 15) is 0 Å². The summed E-state index contributed by atoms with van der Waals surface area (Å²) in [5.41, 5.74) is 5.87. The summed E-state index contributed by atoms with van der Waals surface area (Å²) < 4.78 is 0. The number of hydrogen-bond donors (Lipinski definition) is 1. The molecule has 0 spiro atoms. The van der Waals surface area contributed by atoms with E-state index >= 15 is 0 Å². The van der Waals surface area contributed by atoms with Gasteiger partial charge in [0.25, 0.3) is 0 Å². The van der Waals surface area contributed by atoms with Crippen molar-refractivity contribution in [1.82, 2.24) is 4.98 Å². The second kappa shape index (κ2) is 10.2. The third kappa shape index (κ3) is 7.20. The predicted octanol–water partition coefficient (Wildman–Crippen LogP) is -0.770. The Morgan fingerprint density at radius 1 is 1.05 bits per heavy atom. The molecule has 0 aliphatic heterocycles. The number of H-pyrrole nitrogens is 1. The molecular formula is C18H27Cl2NZr. The maximum Gasteiger partial charge on any atom is 4.00 e. The second-order valence-corrected chi connectivity index (χ2v) is 6.89. The first-order valence-electron chi connectivity index (χ1n) is 6.91. The molecule has 0 atom stereocenters. The summed E-state index contributed by atoms with van der Waals surface area (Å²) in [6.45, 7) is 17.4. The van der Waals surface area contributed by atoms with Gasteiger partial charge in [-0.3, -0.25) is 6.08 Å². The molecular weight excluding hydrogens is 392 g/mol. The van der Waals surface area contributed by atoms with Crippen LogP contribution in [0.4, 0.5) is 0 Å². The molecule has 22 heavy (non-hydrogen) atoms. The van der Waals surface area contributed by atoms with Crippen molar-refractivity contribution in [1.29, 1.82) is 0 Å². The van der Waals surface area contributed by atoms with Crippen LogP contribution in [0, 0.1) is 17.7 Å². The van der Waals surface area contributed by atoms with Crippen LogP contribution in [0.1, 0.15) is 61.0 Å². The zero-order valence-electron chi connectivity index (χ0n) is 14.9. The van der Waals surface area contributed by atoms with Crippen molar-refractivity contribution < 1.29 is 51.0 Å². The average Bonchev–Trinajstić information content (AvgIpc) is 2.84. The van der Waals surface area contributed by atoms with Gasteiger partial charge in [0.2, 0.25) is 0 Å². The Labute approximate surface area is 168 Å². The molecule has 1 nitrogen and oxygen atoms in total. The molecule has 1 aliphatic rings. The molecule has 0 saturated heterocycles. The molecule has 0 amide bonds. The largest absolute Gasteiger partial charge is 4.00 e.